The molecule has 25 heavy (non-hydrogen) atoms. The average molecular weight is 452 g/mol. The van der Waals surface area contributed by atoms with Crippen molar-refractivity contribution in [3.05, 3.63) is 65.0 Å². The van der Waals surface area contributed by atoms with Gasteiger partial charge in [-0.3, -0.25) is 9.98 Å². The standard InChI is InChI=1S/C20H28N4.HI/c1-5-21-20(22-13-12-18-11-8-17(3)23-14-18)24(4)15-19-9-6-16(2)7-10-19;/h6-11,14H,5,12-13,15H2,1-4H3,(H,21,22);1H. The van der Waals surface area contributed by atoms with Crippen LogP contribution in [0.5, 0.6) is 0 Å². The Morgan fingerprint density at radius 3 is 2.36 bits per heavy atom. The SMILES string of the molecule is CCNC(=NCCc1ccc(C)nc1)N(C)Cc1ccc(C)cc1.I. The highest BCUT2D eigenvalue weighted by molar-refractivity contribution is 14.0. The summed E-state index contributed by atoms with van der Waals surface area (Å²) in [7, 11) is 2.08. The van der Waals surface area contributed by atoms with Crippen LogP contribution in [-0.4, -0.2) is 36.0 Å². The number of hydrogen-bond donors (Lipinski definition) is 1. The van der Waals surface area contributed by atoms with Gasteiger partial charge in [0.1, 0.15) is 0 Å². The summed E-state index contributed by atoms with van der Waals surface area (Å²) in [5.74, 6) is 0.943. The molecule has 2 rings (SSSR count). The van der Waals surface area contributed by atoms with E-state index in [1.54, 1.807) is 0 Å². The molecule has 0 fully saturated rings. The van der Waals surface area contributed by atoms with Crippen molar-refractivity contribution in [3.63, 3.8) is 0 Å². The Labute approximate surface area is 168 Å². The number of nitrogens with zero attached hydrogens (tertiary/aromatic N) is 3. The maximum absolute atomic E-state index is 4.75. The van der Waals surface area contributed by atoms with Crippen LogP contribution >= 0.6 is 24.0 Å². The predicted molar refractivity (Wildman–Crippen MR) is 117 cm³/mol. The molecule has 0 radical (unpaired) electrons. The summed E-state index contributed by atoms with van der Waals surface area (Å²) in [5.41, 5.74) is 4.85. The highest BCUT2D eigenvalue weighted by Gasteiger charge is 2.06. The number of nitrogens with one attached hydrogen (secondary N) is 1. The number of halogens is 1. The number of guanidine groups is 1. The summed E-state index contributed by atoms with van der Waals surface area (Å²) in [4.78, 5) is 11.3. The molecule has 1 heterocycles. The van der Waals surface area contributed by atoms with E-state index < -0.39 is 0 Å². The first-order valence-corrected chi connectivity index (χ1v) is 8.55. The molecule has 0 atom stereocenters. The number of aromatic nitrogens is 1. The molecule has 5 heteroatoms. The molecule has 136 valence electrons. The van der Waals surface area contributed by atoms with Crippen molar-refractivity contribution in [2.45, 2.75) is 33.7 Å². The maximum Gasteiger partial charge on any atom is 0.193 e. The minimum Gasteiger partial charge on any atom is -0.357 e. The van der Waals surface area contributed by atoms with Gasteiger partial charge in [0.05, 0.1) is 0 Å². The molecule has 0 amide bonds. The Balaban J connectivity index is 0.00000312. The largest absolute Gasteiger partial charge is 0.357 e. The van der Waals surface area contributed by atoms with E-state index in [9.17, 15) is 0 Å². The van der Waals surface area contributed by atoms with Gasteiger partial charge in [-0.25, -0.2) is 0 Å². The van der Waals surface area contributed by atoms with E-state index in [4.69, 9.17) is 4.99 Å². The first kappa shape index (κ1) is 21.4. The number of pyridine rings is 1. The summed E-state index contributed by atoms with van der Waals surface area (Å²) in [6, 6.07) is 12.8. The van der Waals surface area contributed by atoms with E-state index in [2.05, 4.69) is 66.4 Å². The van der Waals surface area contributed by atoms with Crippen LogP contribution in [0.25, 0.3) is 0 Å². The summed E-state index contributed by atoms with van der Waals surface area (Å²) in [5, 5.41) is 3.37. The second-order valence-corrected chi connectivity index (χ2v) is 6.14. The number of rotatable bonds is 6. The van der Waals surface area contributed by atoms with Crippen LogP contribution in [0, 0.1) is 13.8 Å². The second kappa shape index (κ2) is 11.1. The lowest BCUT2D eigenvalue weighted by atomic mass is 10.1. The lowest BCUT2D eigenvalue weighted by molar-refractivity contribution is 0.477. The topological polar surface area (TPSA) is 40.5 Å². The zero-order chi connectivity index (χ0) is 17.4. The van der Waals surface area contributed by atoms with Gasteiger partial charge in [0.2, 0.25) is 0 Å². The van der Waals surface area contributed by atoms with Crippen LogP contribution in [0.2, 0.25) is 0 Å². The number of aliphatic imine (C=N–C) groups is 1. The Kier molecular flexibility index (Phi) is 9.49. The van der Waals surface area contributed by atoms with Crippen LogP contribution in [0.15, 0.2) is 47.6 Å². The van der Waals surface area contributed by atoms with Crippen molar-refractivity contribution >= 4 is 29.9 Å². The predicted octanol–water partition coefficient (Wildman–Crippen LogP) is 3.96. The first-order valence-electron chi connectivity index (χ1n) is 8.55. The van der Waals surface area contributed by atoms with Crippen molar-refractivity contribution in [1.82, 2.24) is 15.2 Å². The molecule has 0 aliphatic carbocycles. The van der Waals surface area contributed by atoms with Crippen LogP contribution < -0.4 is 5.32 Å². The van der Waals surface area contributed by atoms with E-state index in [0.29, 0.717) is 0 Å². The molecule has 2 aromatic rings. The molecule has 4 nitrogen and oxygen atoms in total. The maximum atomic E-state index is 4.75. The first-order chi connectivity index (χ1) is 11.6. The fourth-order valence-electron chi connectivity index (χ4n) is 2.45. The number of benzene rings is 1. The molecule has 1 aromatic carbocycles. The monoisotopic (exact) mass is 452 g/mol. The van der Waals surface area contributed by atoms with Crippen molar-refractivity contribution in [2.24, 2.45) is 4.99 Å². The third-order valence-corrected chi connectivity index (χ3v) is 3.87. The van der Waals surface area contributed by atoms with Gasteiger partial charge >= 0.3 is 0 Å². The fourth-order valence-corrected chi connectivity index (χ4v) is 2.45. The van der Waals surface area contributed by atoms with E-state index >= 15 is 0 Å². The zero-order valence-electron chi connectivity index (χ0n) is 15.6. The lowest BCUT2D eigenvalue weighted by Crippen LogP contribution is -2.38. The molecule has 0 aliphatic heterocycles. The van der Waals surface area contributed by atoms with Crippen molar-refractivity contribution < 1.29 is 0 Å². The third-order valence-electron chi connectivity index (χ3n) is 3.87. The number of aryl methyl sites for hydroxylation is 2. The molecular formula is C20H29IN4. The molecule has 0 spiro atoms. The second-order valence-electron chi connectivity index (χ2n) is 6.14. The van der Waals surface area contributed by atoms with Gasteiger partial charge in [-0.05, 0) is 44.4 Å². The Bertz CT molecular complexity index is 650. The van der Waals surface area contributed by atoms with Gasteiger partial charge in [0.25, 0.3) is 0 Å². The normalized spacial score (nSPS) is 11.0. The Hall–Kier alpha value is -1.63. The summed E-state index contributed by atoms with van der Waals surface area (Å²) in [6.45, 7) is 8.68. The molecular weight excluding hydrogens is 423 g/mol. The van der Waals surface area contributed by atoms with E-state index in [1.807, 2.05) is 19.2 Å². The van der Waals surface area contributed by atoms with Crippen LogP contribution in [0.4, 0.5) is 0 Å². The van der Waals surface area contributed by atoms with Gasteiger partial charge in [0, 0.05) is 38.6 Å². The van der Waals surface area contributed by atoms with Crippen molar-refractivity contribution in [1.29, 1.82) is 0 Å². The van der Waals surface area contributed by atoms with Crippen LogP contribution in [0.3, 0.4) is 0 Å². The minimum atomic E-state index is 0. The van der Waals surface area contributed by atoms with Gasteiger partial charge in [-0.2, -0.15) is 0 Å². The third kappa shape index (κ3) is 7.42. The Morgan fingerprint density at radius 1 is 1.08 bits per heavy atom. The fraction of sp³-hybridized carbons (Fsp3) is 0.400. The van der Waals surface area contributed by atoms with Gasteiger partial charge in [-0.15, -0.1) is 24.0 Å². The zero-order valence-corrected chi connectivity index (χ0v) is 18.0. The highest BCUT2D eigenvalue weighted by Crippen LogP contribution is 2.06. The summed E-state index contributed by atoms with van der Waals surface area (Å²) < 4.78 is 0. The molecule has 0 unspecified atom stereocenters. The minimum absolute atomic E-state index is 0. The summed E-state index contributed by atoms with van der Waals surface area (Å²) in [6.07, 6.45) is 2.84. The van der Waals surface area contributed by atoms with Crippen LogP contribution in [0.1, 0.15) is 29.3 Å². The lowest BCUT2D eigenvalue weighted by Gasteiger charge is -2.22. The van der Waals surface area contributed by atoms with E-state index in [-0.39, 0.29) is 24.0 Å². The smallest absolute Gasteiger partial charge is 0.193 e. The average Bonchev–Trinajstić information content (AvgIpc) is 2.58. The molecule has 0 saturated carbocycles. The summed E-state index contributed by atoms with van der Waals surface area (Å²) >= 11 is 0. The van der Waals surface area contributed by atoms with Gasteiger partial charge < -0.3 is 10.2 Å². The van der Waals surface area contributed by atoms with Gasteiger partial charge in [0.15, 0.2) is 5.96 Å². The van der Waals surface area contributed by atoms with Crippen molar-refractivity contribution in [2.75, 3.05) is 20.1 Å². The Morgan fingerprint density at radius 2 is 1.76 bits per heavy atom. The molecule has 0 saturated heterocycles. The molecule has 0 aliphatic rings. The quantitative estimate of drug-likeness (QED) is 0.410. The molecule has 1 aromatic heterocycles. The number of hydrogen-bond acceptors (Lipinski definition) is 2. The molecule has 0 bridgehead atoms. The van der Waals surface area contributed by atoms with E-state index in [1.165, 1.54) is 16.7 Å². The van der Waals surface area contributed by atoms with Gasteiger partial charge in [-0.1, -0.05) is 35.9 Å². The highest BCUT2D eigenvalue weighted by atomic mass is 127. The molecule has 1 N–H and O–H groups in total. The van der Waals surface area contributed by atoms with Crippen LogP contribution in [-0.2, 0) is 13.0 Å². The van der Waals surface area contributed by atoms with Crippen molar-refractivity contribution in [3.8, 4) is 0 Å². The van der Waals surface area contributed by atoms with E-state index in [0.717, 1.165) is 37.7 Å².